The molecule has 4 heterocycles. The predicted molar refractivity (Wildman–Crippen MR) is 95.0 cm³/mol. The van der Waals surface area contributed by atoms with Crippen LogP contribution in [0.3, 0.4) is 0 Å². The largest absolute Gasteiger partial charge is 0.390 e. The molecule has 10 heteroatoms. The number of morpholine rings is 1. The molecule has 4 rings (SSSR count). The van der Waals surface area contributed by atoms with Crippen LogP contribution < -0.4 is 4.90 Å². The van der Waals surface area contributed by atoms with E-state index in [-0.39, 0.29) is 18.8 Å². The molecule has 138 valence electrons. The smallest absolute Gasteiger partial charge is 0.206 e. The zero-order valence-corrected chi connectivity index (χ0v) is 15.4. The lowest BCUT2D eigenvalue weighted by molar-refractivity contribution is -0.00533. The summed E-state index contributed by atoms with van der Waals surface area (Å²) < 4.78 is 12.8. The summed E-state index contributed by atoms with van der Waals surface area (Å²) in [6.07, 6.45) is 1.51. The Morgan fingerprint density at radius 1 is 1.31 bits per heavy atom. The maximum Gasteiger partial charge on any atom is 0.206 e. The SMILES string of the molecule is CC1CN(c2c(CO)nc3c(-c4ncnn4C)noc3c2Cl)CC(C)O1. The molecule has 0 spiro atoms. The number of hydrogen-bond donors (Lipinski definition) is 1. The molecular formula is C16H19ClN6O3. The van der Waals surface area contributed by atoms with E-state index in [1.807, 2.05) is 13.8 Å². The minimum absolute atomic E-state index is 0.0426. The summed E-state index contributed by atoms with van der Waals surface area (Å²) in [5.74, 6) is 0.512. The molecule has 1 aliphatic rings. The number of nitrogens with zero attached hydrogens (tertiary/aromatic N) is 6. The first kappa shape index (κ1) is 17.2. The van der Waals surface area contributed by atoms with Gasteiger partial charge in [0.1, 0.15) is 16.9 Å². The van der Waals surface area contributed by atoms with Crippen molar-refractivity contribution in [2.75, 3.05) is 18.0 Å². The summed E-state index contributed by atoms with van der Waals surface area (Å²) in [6, 6.07) is 0. The van der Waals surface area contributed by atoms with Gasteiger partial charge in [0.15, 0.2) is 11.5 Å². The Kier molecular flexibility index (Phi) is 4.29. The molecule has 1 aliphatic heterocycles. The summed E-state index contributed by atoms with van der Waals surface area (Å²) in [4.78, 5) is 10.8. The van der Waals surface area contributed by atoms with Crippen LogP contribution in [-0.4, -0.2) is 55.3 Å². The van der Waals surface area contributed by atoms with Crippen molar-refractivity contribution in [3.05, 3.63) is 17.0 Å². The highest BCUT2D eigenvalue weighted by Gasteiger charge is 2.30. The molecule has 26 heavy (non-hydrogen) atoms. The van der Waals surface area contributed by atoms with E-state index in [4.69, 9.17) is 20.9 Å². The standard InChI is InChI=1S/C16H19ClN6O3/c1-8-4-23(5-9(2)25-8)14-10(6-24)20-12-13(16-18-7-19-22(16)3)21-26-15(12)11(14)17/h7-9,24H,4-6H2,1-3H3. The quantitative estimate of drug-likeness (QED) is 0.735. The average molecular weight is 379 g/mol. The first-order valence-electron chi connectivity index (χ1n) is 8.33. The Balaban J connectivity index is 1.88. The Hall–Kier alpha value is -2.23. The van der Waals surface area contributed by atoms with Crippen LogP contribution in [0.4, 0.5) is 5.69 Å². The van der Waals surface area contributed by atoms with Crippen molar-refractivity contribution in [3.8, 4) is 11.5 Å². The molecule has 1 N–H and O–H groups in total. The average Bonchev–Trinajstić information content (AvgIpc) is 3.19. The molecule has 3 aromatic heterocycles. The summed E-state index contributed by atoms with van der Waals surface area (Å²) in [7, 11) is 1.75. The molecule has 1 saturated heterocycles. The second kappa shape index (κ2) is 6.49. The first-order chi connectivity index (χ1) is 12.5. The number of rotatable bonds is 3. The van der Waals surface area contributed by atoms with Crippen molar-refractivity contribution in [1.29, 1.82) is 0 Å². The van der Waals surface area contributed by atoms with Gasteiger partial charge in [0.05, 0.1) is 30.2 Å². The number of pyridine rings is 1. The van der Waals surface area contributed by atoms with Crippen LogP contribution in [0.25, 0.3) is 22.6 Å². The third kappa shape index (κ3) is 2.72. The number of aryl methyl sites for hydroxylation is 1. The van der Waals surface area contributed by atoms with E-state index in [1.54, 1.807) is 11.7 Å². The van der Waals surface area contributed by atoms with Gasteiger partial charge in [-0.2, -0.15) is 5.10 Å². The van der Waals surface area contributed by atoms with E-state index < -0.39 is 0 Å². The van der Waals surface area contributed by atoms with Crippen LogP contribution in [0, 0.1) is 0 Å². The molecule has 0 aromatic carbocycles. The molecule has 0 bridgehead atoms. The third-order valence-electron chi connectivity index (χ3n) is 4.40. The van der Waals surface area contributed by atoms with Crippen molar-refractivity contribution in [2.24, 2.45) is 7.05 Å². The number of ether oxygens (including phenoxy) is 1. The summed E-state index contributed by atoms with van der Waals surface area (Å²) in [5.41, 5.74) is 2.38. The van der Waals surface area contributed by atoms with Crippen LogP contribution in [0.5, 0.6) is 0 Å². The highest BCUT2D eigenvalue weighted by Crippen LogP contribution is 2.39. The van der Waals surface area contributed by atoms with E-state index in [9.17, 15) is 5.11 Å². The summed E-state index contributed by atoms with van der Waals surface area (Å²) in [6.45, 7) is 5.04. The van der Waals surface area contributed by atoms with Gasteiger partial charge in [-0.05, 0) is 13.8 Å². The Morgan fingerprint density at radius 2 is 2.04 bits per heavy atom. The van der Waals surface area contributed by atoms with E-state index in [0.29, 0.717) is 52.1 Å². The van der Waals surface area contributed by atoms with Crippen LogP contribution >= 0.6 is 11.6 Å². The van der Waals surface area contributed by atoms with Crippen molar-refractivity contribution >= 4 is 28.4 Å². The minimum atomic E-state index is -0.255. The van der Waals surface area contributed by atoms with Gasteiger partial charge < -0.3 is 19.3 Å². The van der Waals surface area contributed by atoms with Gasteiger partial charge in [0, 0.05) is 20.1 Å². The Morgan fingerprint density at radius 3 is 2.65 bits per heavy atom. The van der Waals surface area contributed by atoms with Crippen LogP contribution in [-0.2, 0) is 18.4 Å². The molecule has 2 atom stereocenters. The van der Waals surface area contributed by atoms with Gasteiger partial charge in [0.2, 0.25) is 5.58 Å². The van der Waals surface area contributed by atoms with Crippen molar-refractivity contribution < 1.29 is 14.4 Å². The predicted octanol–water partition coefficient (Wildman–Crippen LogP) is 1.78. The molecule has 2 unspecified atom stereocenters. The molecule has 0 amide bonds. The number of aromatic nitrogens is 5. The lowest BCUT2D eigenvalue weighted by Gasteiger charge is -2.37. The summed E-state index contributed by atoms with van der Waals surface area (Å²) in [5, 5.41) is 18.4. The topological polar surface area (TPSA) is 102 Å². The zero-order valence-electron chi connectivity index (χ0n) is 14.7. The van der Waals surface area contributed by atoms with Gasteiger partial charge in [-0.25, -0.2) is 14.6 Å². The fraction of sp³-hybridized carbons (Fsp3) is 0.500. The molecule has 0 radical (unpaired) electrons. The third-order valence-corrected chi connectivity index (χ3v) is 4.75. The Labute approximate surface area is 154 Å². The Bertz CT molecular complexity index is 945. The van der Waals surface area contributed by atoms with E-state index in [0.717, 1.165) is 0 Å². The second-order valence-electron chi connectivity index (χ2n) is 6.46. The number of hydrogen-bond acceptors (Lipinski definition) is 8. The fourth-order valence-electron chi connectivity index (χ4n) is 3.40. The highest BCUT2D eigenvalue weighted by atomic mass is 35.5. The molecular weight excluding hydrogens is 360 g/mol. The number of anilines is 1. The summed E-state index contributed by atoms with van der Waals surface area (Å²) >= 11 is 6.66. The van der Waals surface area contributed by atoms with Gasteiger partial charge in [0.25, 0.3) is 0 Å². The van der Waals surface area contributed by atoms with Gasteiger partial charge in [-0.3, -0.25) is 0 Å². The molecule has 3 aromatic rings. The molecule has 9 nitrogen and oxygen atoms in total. The highest BCUT2D eigenvalue weighted by molar-refractivity contribution is 6.37. The van der Waals surface area contributed by atoms with E-state index >= 15 is 0 Å². The van der Waals surface area contributed by atoms with Crippen molar-refractivity contribution in [1.82, 2.24) is 24.9 Å². The van der Waals surface area contributed by atoms with Gasteiger partial charge >= 0.3 is 0 Å². The van der Waals surface area contributed by atoms with Crippen LogP contribution in [0.15, 0.2) is 10.9 Å². The van der Waals surface area contributed by atoms with E-state index in [1.165, 1.54) is 6.33 Å². The molecule has 0 saturated carbocycles. The van der Waals surface area contributed by atoms with Crippen LogP contribution in [0.1, 0.15) is 19.5 Å². The fourth-order valence-corrected chi connectivity index (χ4v) is 3.76. The maximum atomic E-state index is 9.92. The van der Waals surface area contributed by atoms with Crippen molar-refractivity contribution in [3.63, 3.8) is 0 Å². The van der Waals surface area contributed by atoms with Gasteiger partial charge in [-0.15, -0.1) is 0 Å². The van der Waals surface area contributed by atoms with Crippen LogP contribution in [0.2, 0.25) is 5.02 Å². The van der Waals surface area contributed by atoms with Crippen molar-refractivity contribution in [2.45, 2.75) is 32.7 Å². The van der Waals surface area contributed by atoms with Gasteiger partial charge in [-0.1, -0.05) is 16.8 Å². The number of halogens is 1. The first-order valence-corrected chi connectivity index (χ1v) is 8.70. The maximum absolute atomic E-state index is 9.92. The second-order valence-corrected chi connectivity index (χ2v) is 6.84. The molecule has 0 aliphatic carbocycles. The number of aliphatic hydroxyl groups excluding tert-OH is 1. The normalized spacial score (nSPS) is 20.9. The molecule has 1 fully saturated rings. The minimum Gasteiger partial charge on any atom is -0.390 e. The monoisotopic (exact) mass is 378 g/mol. The zero-order chi connectivity index (χ0) is 18.4. The number of aliphatic hydroxyl groups is 1. The lowest BCUT2D eigenvalue weighted by atomic mass is 10.1. The van der Waals surface area contributed by atoms with E-state index in [2.05, 4.69) is 25.1 Å². The number of fused-ring (bicyclic) bond motifs is 1. The lowest BCUT2D eigenvalue weighted by Crippen LogP contribution is -2.46.